The molecular weight excluding hydrogens is 242 g/mol. The van der Waals surface area contributed by atoms with Crippen molar-refractivity contribution in [3.63, 3.8) is 0 Å². The minimum Gasteiger partial charge on any atom is -0.493 e. The van der Waals surface area contributed by atoms with Gasteiger partial charge in [0.1, 0.15) is 5.82 Å². The maximum atomic E-state index is 5.93. The Balaban J connectivity index is 2.10. The number of H-pyrrole nitrogens is 1. The molecule has 1 aliphatic carbocycles. The fraction of sp³-hybridized carbons (Fsp3) is 0.500. The molecule has 3 N–H and O–H groups in total. The molecule has 1 heterocycles. The first kappa shape index (κ1) is 12.3. The quantitative estimate of drug-likeness (QED) is 0.882. The highest BCUT2D eigenvalue weighted by Gasteiger charge is 2.40. The highest BCUT2D eigenvalue weighted by Crippen LogP contribution is 2.42. The Morgan fingerprint density at radius 2 is 1.95 bits per heavy atom. The molecular formula is C14H19N3O2. The summed E-state index contributed by atoms with van der Waals surface area (Å²) in [4.78, 5) is 8.08. The monoisotopic (exact) mass is 261 g/mol. The van der Waals surface area contributed by atoms with E-state index < -0.39 is 0 Å². The van der Waals surface area contributed by atoms with Crippen LogP contribution < -0.4 is 15.2 Å². The van der Waals surface area contributed by atoms with Crippen molar-refractivity contribution in [1.29, 1.82) is 0 Å². The van der Waals surface area contributed by atoms with Gasteiger partial charge in [-0.3, -0.25) is 0 Å². The van der Waals surface area contributed by atoms with Gasteiger partial charge in [-0.2, -0.15) is 0 Å². The number of nitrogens with zero attached hydrogens (tertiary/aromatic N) is 1. The van der Waals surface area contributed by atoms with Crippen molar-refractivity contribution in [2.75, 3.05) is 20.8 Å². The van der Waals surface area contributed by atoms with Crippen LogP contribution in [-0.4, -0.2) is 30.7 Å². The smallest absolute Gasteiger partial charge is 0.163 e. The number of nitrogens with two attached hydrogens (primary N) is 1. The number of hydrogen-bond acceptors (Lipinski definition) is 4. The average Bonchev–Trinajstić information content (AvgIpc) is 2.79. The topological polar surface area (TPSA) is 73.2 Å². The number of aromatic nitrogens is 2. The van der Waals surface area contributed by atoms with Crippen LogP contribution in [0.2, 0.25) is 0 Å². The molecule has 0 amide bonds. The number of nitrogens with one attached hydrogen (secondary N) is 1. The minimum atomic E-state index is 0.0412. The molecule has 1 fully saturated rings. The number of hydrogen-bond donors (Lipinski definition) is 2. The molecule has 5 heteroatoms. The molecule has 0 atom stereocenters. The molecule has 2 aromatic rings. The van der Waals surface area contributed by atoms with Crippen molar-refractivity contribution in [3.05, 3.63) is 18.0 Å². The molecule has 0 saturated heterocycles. The number of fused-ring (bicyclic) bond motifs is 1. The van der Waals surface area contributed by atoms with Gasteiger partial charge in [0.25, 0.3) is 0 Å². The van der Waals surface area contributed by atoms with Gasteiger partial charge in [0, 0.05) is 24.1 Å². The largest absolute Gasteiger partial charge is 0.493 e. The molecule has 0 spiro atoms. The predicted octanol–water partition coefficient (Wildman–Crippen LogP) is 1.96. The molecule has 1 aliphatic rings. The van der Waals surface area contributed by atoms with Gasteiger partial charge < -0.3 is 20.2 Å². The van der Waals surface area contributed by atoms with Gasteiger partial charge in [-0.1, -0.05) is 6.42 Å². The molecule has 1 aromatic carbocycles. The van der Waals surface area contributed by atoms with E-state index in [1.165, 1.54) is 6.42 Å². The summed E-state index contributed by atoms with van der Waals surface area (Å²) in [5.74, 6) is 2.40. The van der Waals surface area contributed by atoms with E-state index in [9.17, 15) is 0 Å². The molecule has 0 unspecified atom stereocenters. The fourth-order valence-electron chi connectivity index (χ4n) is 2.73. The predicted molar refractivity (Wildman–Crippen MR) is 73.8 cm³/mol. The Hall–Kier alpha value is -1.75. The molecule has 0 radical (unpaired) electrons. The molecule has 102 valence electrons. The lowest BCUT2D eigenvalue weighted by Gasteiger charge is -2.38. The van der Waals surface area contributed by atoms with Crippen LogP contribution in [0.4, 0.5) is 0 Å². The van der Waals surface area contributed by atoms with Crippen LogP contribution in [0.1, 0.15) is 25.1 Å². The summed E-state index contributed by atoms with van der Waals surface area (Å²) in [6.45, 7) is 0.640. The van der Waals surface area contributed by atoms with E-state index in [4.69, 9.17) is 20.2 Å². The van der Waals surface area contributed by atoms with Crippen molar-refractivity contribution < 1.29 is 9.47 Å². The van der Waals surface area contributed by atoms with E-state index in [-0.39, 0.29) is 5.41 Å². The normalized spacial score (nSPS) is 17.2. The van der Waals surface area contributed by atoms with Crippen LogP contribution in [-0.2, 0) is 5.41 Å². The van der Waals surface area contributed by atoms with Gasteiger partial charge in [0.05, 0.1) is 25.3 Å². The van der Waals surface area contributed by atoms with Crippen LogP contribution in [0.15, 0.2) is 12.1 Å². The summed E-state index contributed by atoms with van der Waals surface area (Å²) in [5, 5.41) is 0. The molecule has 1 saturated carbocycles. The molecule has 0 bridgehead atoms. The second-order valence-electron chi connectivity index (χ2n) is 5.15. The van der Waals surface area contributed by atoms with Crippen molar-refractivity contribution in [2.24, 2.45) is 5.73 Å². The highest BCUT2D eigenvalue weighted by molar-refractivity contribution is 5.80. The maximum Gasteiger partial charge on any atom is 0.163 e. The zero-order chi connectivity index (χ0) is 13.5. The molecule has 3 rings (SSSR count). The van der Waals surface area contributed by atoms with Crippen molar-refractivity contribution >= 4 is 11.0 Å². The Morgan fingerprint density at radius 3 is 2.47 bits per heavy atom. The SMILES string of the molecule is COc1cc2nc(C3(CN)CCC3)[nH]c2cc1OC. The third-order valence-corrected chi connectivity index (χ3v) is 4.19. The van der Waals surface area contributed by atoms with Crippen LogP contribution in [0.3, 0.4) is 0 Å². The summed E-state index contributed by atoms with van der Waals surface area (Å²) >= 11 is 0. The molecule has 0 aliphatic heterocycles. The first-order valence-electron chi connectivity index (χ1n) is 6.55. The number of imidazole rings is 1. The first-order valence-corrected chi connectivity index (χ1v) is 6.55. The van der Waals surface area contributed by atoms with Crippen LogP contribution in [0.25, 0.3) is 11.0 Å². The molecule has 19 heavy (non-hydrogen) atoms. The van der Waals surface area contributed by atoms with Gasteiger partial charge in [0.15, 0.2) is 11.5 Å². The standard InChI is InChI=1S/C14H19N3O2/c1-18-11-6-9-10(7-12(11)19-2)17-13(16-9)14(8-15)4-3-5-14/h6-7H,3-5,8,15H2,1-2H3,(H,16,17). The zero-order valence-electron chi connectivity index (χ0n) is 11.3. The Bertz CT molecular complexity index is 555. The lowest BCUT2D eigenvalue weighted by atomic mass is 9.68. The van der Waals surface area contributed by atoms with Gasteiger partial charge in [-0.15, -0.1) is 0 Å². The second kappa shape index (κ2) is 4.42. The Labute approximate surface area is 112 Å². The second-order valence-corrected chi connectivity index (χ2v) is 5.15. The zero-order valence-corrected chi connectivity index (χ0v) is 11.3. The summed E-state index contributed by atoms with van der Waals surface area (Å²) in [6, 6.07) is 3.82. The Morgan fingerprint density at radius 1 is 1.26 bits per heavy atom. The van der Waals surface area contributed by atoms with E-state index in [0.29, 0.717) is 18.0 Å². The summed E-state index contributed by atoms with van der Waals surface area (Å²) in [6.07, 6.45) is 3.44. The summed E-state index contributed by atoms with van der Waals surface area (Å²) in [7, 11) is 3.26. The summed E-state index contributed by atoms with van der Waals surface area (Å²) in [5.41, 5.74) is 7.83. The van der Waals surface area contributed by atoms with E-state index in [1.54, 1.807) is 14.2 Å². The van der Waals surface area contributed by atoms with E-state index in [1.807, 2.05) is 12.1 Å². The number of aromatic amines is 1. The number of rotatable bonds is 4. The average molecular weight is 261 g/mol. The lowest BCUT2D eigenvalue weighted by molar-refractivity contribution is 0.240. The van der Waals surface area contributed by atoms with E-state index in [2.05, 4.69) is 4.98 Å². The maximum absolute atomic E-state index is 5.93. The third kappa shape index (κ3) is 1.76. The van der Waals surface area contributed by atoms with Gasteiger partial charge in [-0.25, -0.2) is 4.98 Å². The van der Waals surface area contributed by atoms with Crippen molar-refractivity contribution in [2.45, 2.75) is 24.7 Å². The molecule has 1 aromatic heterocycles. The molecule has 5 nitrogen and oxygen atoms in total. The third-order valence-electron chi connectivity index (χ3n) is 4.19. The fourth-order valence-corrected chi connectivity index (χ4v) is 2.73. The van der Waals surface area contributed by atoms with Crippen LogP contribution in [0.5, 0.6) is 11.5 Å². The Kier molecular flexibility index (Phi) is 2.86. The lowest BCUT2D eigenvalue weighted by Crippen LogP contribution is -2.42. The van der Waals surface area contributed by atoms with Crippen LogP contribution in [0, 0.1) is 0 Å². The minimum absolute atomic E-state index is 0.0412. The van der Waals surface area contributed by atoms with Crippen molar-refractivity contribution in [1.82, 2.24) is 9.97 Å². The highest BCUT2D eigenvalue weighted by atomic mass is 16.5. The van der Waals surface area contributed by atoms with E-state index >= 15 is 0 Å². The van der Waals surface area contributed by atoms with Gasteiger partial charge in [-0.05, 0) is 12.8 Å². The van der Waals surface area contributed by atoms with E-state index in [0.717, 1.165) is 29.7 Å². The first-order chi connectivity index (χ1) is 9.22. The van der Waals surface area contributed by atoms with Crippen molar-refractivity contribution in [3.8, 4) is 11.5 Å². The van der Waals surface area contributed by atoms with Gasteiger partial charge >= 0.3 is 0 Å². The number of ether oxygens (including phenoxy) is 2. The number of benzene rings is 1. The van der Waals surface area contributed by atoms with Crippen LogP contribution >= 0.6 is 0 Å². The summed E-state index contributed by atoms with van der Waals surface area (Å²) < 4.78 is 10.6. The van der Waals surface area contributed by atoms with Gasteiger partial charge in [0.2, 0.25) is 0 Å². The number of methoxy groups -OCH3 is 2.